The summed E-state index contributed by atoms with van der Waals surface area (Å²) in [4.78, 5) is 8.50. The summed E-state index contributed by atoms with van der Waals surface area (Å²) in [5.41, 5.74) is 9.15. The summed E-state index contributed by atoms with van der Waals surface area (Å²) in [6, 6.07) is 17.6. The van der Waals surface area contributed by atoms with E-state index in [4.69, 9.17) is 15.6 Å². The minimum absolute atomic E-state index is 0.219. The monoisotopic (exact) mass is 317 g/mol. The van der Waals surface area contributed by atoms with E-state index in [0.29, 0.717) is 5.65 Å². The number of methoxy groups -OCH3 is 1. The lowest BCUT2D eigenvalue weighted by Gasteiger charge is -2.04. The quantitative estimate of drug-likeness (QED) is 0.628. The highest BCUT2D eigenvalue weighted by Crippen LogP contribution is 2.29. The van der Waals surface area contributed by atoms with Crippen molar-refractivity contribution < 1.29 is 4.74 Å². The van der Waals surface area contributed by atoms with Crippen molar-refractivity contribution in [2.24, 2.45) is 0 Å². The van der Waals surface area contributed by atoms with Crippen molar-refractivity contribution in [2.45, 2.75) is 0 Å². The van der Waals surface area contributed by atoms with Crippen LogP contribution in [0.25, 0.3) is 28.0 Å². The molecule has 0 radical (unpaired) electrons. The standard InChI is InChI=1S/C18H15N5O/c1-24-14-9-7-13(8-10-14)23-17-15(11-20-18(19)21-17)16(22-23)12-5-3-2-4-6-12/h2-11H,1H3,(H2,19,20,21). The summed E-state index contributed by atoms with van der Waals surface area (Å²) in [5, 5.41) is 5.60. The predicted octanol–water partition coefficient (Wildman–Crippen LogP) is 3.07. The molecule has 118 valence electrons. The molecule has 6 heteroatoms. The van der Waals surface area contributed by atoms with Gasteiger partial charge in [-0.25, -0.2) is 9.67 Å². The molecule has 4 aromatic rings. The molecule has 0 saturated carbocycles. The van der Waals surface area contributed by atoms with Gasteiger partial charge in [0.05, 0.1) is 18.2 Å². The molecule has 2 aromatic heterocycles. The number of rotatable bonds is 3. The van der Waals surface area contributed by atoms with Crippen molar-refractivity contribution in [3.05, 3.63) is 60.8 Å². The van der Waals surface area contributed by atoms with Gasteiger partial charge in [-0.15, -0.1) is 0 Å². The number of benzene rings is 2. The highest BCUT2D eigenvalue weighted by molar-refractivity contribution is 5.91. The molecule has 4 rings (SSSR count). The molecule has 24 heavy (non-hydrogen) atoms. The number of hydrogen-bond donors (Lipinski definition) is 1. The van der Waals surface area contributed by atoms with Gasteiger partial charge in [-0.3, -0.25) is 0 Å². The average molecular weight is 317 g/mol. The van der Waals surface area contributed by atoms with E-state index >= 15 is 0 Å². The highest BCUT2D eigenvalue weighted by atomic mass is 16.5. The lowest BCUT2D eigenvalue weighted by atomic mass is 10.1. The Bertz CT molecular complexity index is 993. The fraction of sp³-hybridized carbons (Fsp3) is 0.0556. The number of aromatic nitrogens is 4. The molecule has 0 bridgehead atoms. The molecule has 0 amide bonds. The smallest absolute Gasteiger partial charge is 0.222 e. The molecular formula is C18H15N5O. The number of nitrogen functional groups attached to an aromatic ring is 1. The Hall–Kier alpha value is -3.41. The SMILES string of the molecule is COc1ccc(-n2nc(-c3ccccc3)c3cnc(N)nc32)cc1. The maximum atomic E-state index is 5.78. The molecule has 2 aromatic carbocycles. The van der Waals surface area contributed by atoms with Crippen LogP contribution >= 0.6 is 0 Å². The van der Waals surface area contributed by atoms with Crippen LogP contribution in [0.4, 0.5) is 5.95 Å². The summed E-state index contributed by atoms with van der Waals surface area (Å²) in [7, 11) is 1.64. The molecule has 0 saturated heterocycles. The third kappa shape index (κ3) is 2.34. The minimum atomic E-state index is 0.219. The van der Waals surface area contributed by atoms with Crippen molar-refractivity contribution in [3.63, 3.8) is 0 Å². The zero-order chi connectivity index (χ0) is 16.5. The number of fused-ring (bicyclic) bond motifs is 1. The second-order valence-electron chi connectivity index (χ2n) is 5.29. The van der Waals surface area contributed by atoms with Gasteiger partial charge >= 0.3 is 0 Å². The first-order valence-electron chi connectivity index (χ1n) is 7.47. The molecule has 2 heterocycles. The van der Waals surface area contributed by atoms with Crippen molar-refractivity contribution in [3.8, 4) is 22.7 Å². The lowest BCUT2D eigenvalue weighted by Crippen LogP contribution is -2.00. The summed E-state index contributed by atoms with van der Waals surface area (Å²) >= 11 is 0. The van der Waals surface area contributed by atoms with Crippen LogP contribution < -0.4 is 10.5 Å². The molecule has 0 aliphatic rings. The Kier molecular flexibility index (Phi) is 3.35. The van der Waals surface area contributed by atoms with Crippen LogP contribution in [-0.2, 0) is 0 Å². The first-order chi connectivity index (χ1) is 11.8. The van der Waals surface area contributed by atoms with Gasteiger partial charge in [0, 0.05) is 11.8 Å². The Morgan fingerprint density at radius 1 is 1.00 bits per heavy atom. The maximum Gasteiger partial charge on any atom is 0.222 e. The van der Waals surface area contributed by atoms with E-state index in [0.717, 1.165) is 28.1 Å². The summed E-state index contributed by atoms with van der Waals surface area (Å²) in [6.07, 6.45) is 1.72. The van der Waals surface area contributed by atoms with Crippen LogP contribution in [0, 0.1) is 0 Å². The van der Waals surface area contributed by atoms with Gasteiger partial charge in [0.15, 0.2) is 5.65 Å². The summed E-state index contributed by atoms with van der Waals surface area (Å²) in [6.45, 7) is 0. The van der Waals surface area contributed by atoms with Gasteiger partial charge in [0.1, 0.15) is 11.4 Å². The predicted molar refractivity (Wildman–Crippen MR) is 93.1 cm³/mol. The van der Waals surface area contributed by atoms with Gasteiger partial charge < -0.3 is 10.5 Å². The molecule has 0 fully saturated rings. The second kappa shape index (κ2) is 5.66. The fourth-order valence-corrected chi connectivity index (χ4v) is 2.63. The molecule has 0 aliphatic heterocycles. The van der Waals surface area contributed by atoms with Crippen LogP contribution in [0.1, 0.15) is 0 Å². The van der Waals surface area contributed by atoms with E-state index < -0.39 is 0 Å². The zero-order valence-electron chi connectivity index (χ0n) is 13.0. The fourth-order valence-electron chi connectivity index (χ4n) is 2.63. The number of anilines is 1. The Labute approximate surface area is 138 Å². The molecule has 0 aliphatic carbocycles. The molecular weight excluding hydrogens is 302 g/mol. The third-order valence-corrected chi connectivity index (χ3v) is 3.81. The van der Waals surface area contributed by atoms with Gasteiger partial charge in [-0.05, 0) is 24.3 Å². The van der Waals surface area contributed by atoms with E-state index in [1.807, 2.05) is 54.6 Å². The number of hydrogen-bond acceptors (Lipinski definition) is 5. The zero-order valence-corrected chi connectivity index (χ0v) is 13.0. The topological polar surface area (TPSA) is 78.8 Å². The van der Waals surface area contributed by atoms with E-state index in [-0.39, 0.29) is 5.95 Å². The lowest BCUT2D eigenvalue weighted by molar-refractivity contribution is 0.414. The van der Waals surface area contributed by atoms with Crippen LogP contribution in [0.3, 0.4) is 0 Å². The second-order valence-corrected chi connectivity index (χ2v) is 5.29. The highest BCUT2D eigenvalue weighted by Gasteiger charge is 2.15. The largest absolute Gasteiger partial charge is 0.497 e. The first kappa shape index (κ1) is 14.2. The molecule has 0 atom stereocenters. The number of nitrogens with zero attached hydrogens (tertiary/aromatic N) is 4. The molecule has 0 unspecified atom stereocenters. The van der Waals surface area contributed by atoms with Crippen molar-refractivity contribution in [1.82, 2.24) is 19.7 Å². The van der Waals surface area contributed by atoms with Gasteiger partial charge in [-0.1, -0.05) is 30.3 Å². The van der Waals surface area contributed by atoms with E-state index in [2.05, 4.69) is 9.97 Å². The van der Waals surface area contributed by atoms with Crippen molar-refractivity contribution in [2.75, 3.05) is 12.8 Å². The Balaban J connectivity index is 1.96. The number of nitrogens with two attached hydrogens (primary N) is 1. The van der Waals surface area contributed by atoms with Crippen molar-refractivity contribution in [1.29, 1.82) is 0 Å². The summed E-state index contributed by atoms with van der Waals surface area (Å²) < 4.78 is 6.98. The van der Waals surface area contributed by atoms with Crippen LogP contribution in [-0.4, -0.2) is 26.9 Å². The van der Waals surface area contributed by atoms with Crippen molar-refractivity contribution >= 4 is 17.0 Å². The summed E-state index contributed by atoms with van der Waals surface area (Å²) in [5.74, 6) is 1.00. The van der Waals surface area contributed by atoms with E-state index in [1.54, 1.807) is 18.0 Å². The van der Waals surface area contributed by atoms with E-state index in [1.165, 1.54) is 0 Å². The minimum Gasteiger partial charge on any atom is -0.497 e. The molecule has 0 spiro atoms. The average Bonchev–Trinajstić information content (AvgIpc) is 3.01. The Morgan fingerprint density at radius 3 is 2.46 bits per heavy atom. The van der Waals surface area contributed by atoms with Crippen LogP contribution in [0.15, 0.2) is 60.8 Å². The van der Waals surface area contributed by atoms with Gasteiger partial charge in [-0.2, -0.15) is 10.1 Å². The van der Waals surface area contributed by atoms with Crippen LogP contribution in [0.2, 0.25) is 0 Å². The molecule has 6 nitrogen and oxygen atoms in total. The molecule has 2 N–H and O–H groups in total. The maximum absolute atomic E-state index is 5.78. The Morgan fingerprint density at radius 2 is 1.75 bits per heavy atom. The van der Waals surface area contributed by atoms with E-state index in [9.17, 15) is 0 Å². The normalized spacial score (nSPS) is 10.9. The number of ether oxygens (including phenoxy) is 1. The van der Waals surface area contributed by atoms with Crippen LogP contribution in [0.5, 0.6) is 5.75 Å². The third-order valence-electron chi connectivity index (χ3n) is 3.81. The van der Waals surface area contributed by atoms with Gasteiger partial charge in [0.25, 0.3) is 0 Å². The first-order valence-corrected chi connectivity index (χ1v) is 7.47. The van der Waals surface area contributed by atoms with Gasteiger partial charge in [0.2, 0.25) is 5.95 Å².